The molecule has 0 bridgehead atoms. The van der Waals surface area contributed by atoms with Gasteiger partial charge in [0, 0.05) is 19.3 Å². The first kappa shape index (κ1) is 20.9. The molecule has 0 saturated carbocycles. The Morgan fingerprint density at radius 2 is 1.32 bits per heavy atom. The number of esters is 1. The third-order valence-electron chi connectivity index (χ3n) is 3.79. The second-order valence-electron chi connectivity index (χ2n) is 5.86. The minimum Gasteiger partial charge on any atom is -0.469 e. The SMILES string of the molecule is CCC=CCCCCCC(=O)CCCCCCCC(=O)OC. The average molecular weight is 310 g/mol. The van der Waals surface area contributed by atoms with E-state index in [4.69, 9.17) is 0 Å². The molecule has 0 radical (unpaired) electrons. The average Bonchev–Trinajstić information content (AvgIpc) is 2.52. The lowest BCUT2D eigenvalue weighted by molar-refractivity contribution is -0.140. The van der Waals surface area contributed by atoms with Gasteiger partial charge in [-0.3, -0.25) is 9.59 Å². The Hall–Kier alpha value is -1.12. The van der Waals surface area contributed by atoms with Crippen LogP contribution in [0.4, 0.5) is 0 Å². The summed E-state index contributed by atoms with van der Waals surface area (Å²) in [7, 11) is 1.43. The van der Waals surface area contributed by atoms with Crippen molar-refractivity contribution < 1.29 is 14.3 Å². The van der Waals surface area contributed by atoms with Crippen LogP contribution in [0.2, 0.25) is 0 Å². The summed E-state index contributed by atoms with van der Waals surface area (Å²) in [5.41, 5.74) is 0. The van der Waals surface area contributed by atoms with Crippen LogP contribution in [0.5, 0.6) is 0 Å². The van der Waals surface area contributed by atoms with Crippen molar-refractivity contribution in [2.45, 2.75) is 90.4 Å². The fourth-order valence-electron chi connectivity index (χ4n) is 2.39. The van der Waals surface area contributed by atoms with Gasteiger partial charge < -0.3 is 4.74 Å². The molecule has 0 aromatic rings. The van der Waals surface area contributed by atoms with Crippen LogP contribution in [-0.2, 0) is 14.3 Å². The zero-order valence-electron chi connectivity index (χ0n) is 14.6. The highest BCUT2D eigenvalue weighted by Crippen LogP contribution is 2.11. The molecule has 0 atom stereocenters. The largest absolute Gasteiger partial charge is 0.469 e. The van der Waals surface area contributed by atoms with Crippen molar-refractivity contribution >= 4 is 11.8 Å². The second kappa shape index (κ2) is 16.3. The van der Waals surface area contributed by atoms with Crippen molar-refractivity contribution in [2.24, 2.45) is 0 Å². The number of Topliss-reactive ketones (excluding diaryl/α,β-unsaturated/α-hetero) is 1. The fraction of sp³-hybridized carbons (Fsp3) is 0.789. The number of hydrogen-bond acceptors (Lipinski definition) is 3. The lowest BCUT2D eigenvalue weighted by atomic mass is 10.0. The van der Waals surface area contributed by atoms with Crippen LogP contribution < -0.4 is 0 Å². The van der Waals surface area contributed by atoms with Gasteiger partial charge in [-0.05, 0) is 38.5 Å². The van der Waals surface area contributed by atoms with E-state index < -0.39 is 0 Å². The van der Waals surface area contributed by atoms with Gasteiger partial charge in [-0.15, -0.1) is 0 Å². The molecule has 22 heavy (non-hydrogen) atoms. The lowest BCUT2D eigenvalue weighted by Gasteiger charge is -2.02. The highest BCUT2D eigenvalue weighted by atomic mass is 16.5. The van der Waals surface area contributed by atoms with Gasteiger partial charge >= 0.3 is 5.97 Å². The van der Waals surface area contributed by atoms with Crippen LogP contribution in [0.1, 0.15) is 90.4 Å². The normalized spacial score (nSPS) is 11.0. The maximum atomic E-state index is 11.7. The van der Waals surface area contributed by atoms with Gasteiger partial charge in [0.05, 0.1) is 7.11 Å². The second-order valence-corrected chi connectivity index (χ2v) is 5.86. The number of carbonyl (C=O) groups excluding carboxylic acids is 2. The van der Waals surface area contributed by atoms with E-state index in [-0.39, 0.29) is 5.97 Å². The summed E-state index contributed by atoms with van der Waals surface area (Å²) in [5.74, 6) is 0.291. The minimum atomic E-state index is -0.125. The molecule has 0 heterocycles. The molecule has 0 saturated heterocycles. The molecular formula is C19H34O3. The zero-order chi connectivity index (χ0) is 16.5. The number of carbonyl (C=O) groups is 2. The van der Waals surface area contributed by atoms with Crippen molar-refractivity contribution in [3.05, 3.63) is 12.2 Å². The quantitative estimate of drug-likeness (QED) is 0.232. The Bertz CT molecular complexity index is 308. The minimum absolute atomic E-state index is 0.125. The van der Waals surface area contributed by atoms with Crippen molar-refractivity contribution in [1.82, 2.24) is 0 Å². The van der Waals surface area contributed by atoms with Gasteiger partial charge in [0.15, 0.2) is 0 Å². The molecule has 0 rings (SSSR count). The summed E-state index contributed by atoms with van der Waals surface area (Å²) in [5, 5.41) is 0. The highest BCUT2D eigenvalue weighted by Gasteiger charge is 2.02. The first-order chi connectivity index (χ1) is 10.7. The van der Waals surface area contributed by atoms with Gasteiger partial charge in [-0.2, -0.15) is 0 Å². The van der Waals surface area contributed by atoms with Crippen molar-refractivity contribution in [2.75, 3.05) is 7.11 Å². The topological polar surface area (TPSA) is 43.4 Å². The van der Waals surface area contributed by atoms with Gasteiger partial charge in [0.1, 0.15) is 5.78 Å². The van der Waals surface area contributed by atoms with Crippen LogP contribution >= 0.6 is 0 Å². The Kier molecular flexibility index (Phi) is 15.4. The first-order valence-electron chi connectivity index (χ1n) is 8.94. The Balaban J connectivity index is 3.26. The van der Waals surface area contributed by atoms with Gasteiger partial charge in [-0.25, -0.2) is 0 Å². The third-order valence-corrected chi connectivity index (χ3v) is 3.79. The van der Waals surface area contributed by atoms with Crippen molar-refractivity contribution in [3.63, 3.8) is 0 Å². The number of ketones is 1. The van der Waals surface area contributed by atoms with Crippen LogP contribution in [0, 0.1) is 0 Å². The number of hydrogen-bond donors (Lipinski definition) is 0. The predicted molar refractivity (Wildman–Crippen MR) is 91.9 cm³/mol. The Morgan fingerprint density at radius 3 is 1.91 bits per heavy atom. The van der Waals surface area contributed by atoms with Gasteiger partial charge in [-0.1, -0.05) is 44.8 Å². The highest BCUT2D eigenvalue weighted by molar-refractivity contribution is 5.78. The van der Waals surface area contributed by atoms with E-state index in [0.29, 0.717) is 12.2 Å². The van der Waals surface area contributed by atoms with E-state index in [1.54, 1.807) is 0 Å². The van der Waals surface area contributed by atoms with E-state index in [0.717, 1.165) is 70.6 Å². The van der Waals surface area contributed by atoms with Crippen LogP contribution in [-0.4, -0.2) is 18.9 Å². The van der Waals surface area contributed by atoms with E-state index >= 15 is 0 Å². The standard InChI is InChI=1S/C19H34O3/c1-3-4-5-6-7-9-12-15-18(20)16-13-10-8-11-14-17-19(21)22-2/h4-5H,3,6-17H2,1-2H3. The molecule has 3 heteroatoms. The first-order valence-corrected chi connectivity index (χ1v) is 8.94. The van der Waals surface area contributed by atoms with Crippen LogP contribution in [0.25, 0.3) is 0 Å². The van der Waals surface area contributed by atoms with Gasteiger partial charge in [0.25, 0.3) is 0 Å². The Morgan fingerprint density at radius 1 is 0.773 bits per heavy atom. The zero-order valence-corrected chi connectivity index (χ0v) is 14.6. The van der Waals surface area contributed by atoms with Crippen molar-refractivity contribution in [3.8, 4) is 0 Å². The third kappa shape index (κ3) is 15.3. The molecule has 0 spiro atoms. The molecule has 0 aromatic heterocycles. The van der Waals surface area contributed by atoms with E-state index in [9.17, 15) is 9.59 Å². The molecular weight excluding hydrogens is 276 g/mol. The van der Waals surface area contributed by atoms with E-state index in [2.05, 4.69) is 23.8 Å². The summed E-state index contributed by atoms with van der Waals surface area (Å²) in [6.07, 6.45) is 17.2. The summed E-state index contributed by atoms with van der Waals surface area (Å²) < 4.78 is 4.60. The maximum absolute atomic E-state index is 11.7. The molecule has 0 amide bonds. The molecule has 0 aromatic carbocycles. The predicted octanol–water partition coefficient (Wildman–Crippen LogP) is 5.38. The molecule has 3 nitrogen and oxygen atoms in total. The van der Waals surface area contributed by atoms with Crippen LogP contribution in [0.3, 0.4) is 0 Å². The molecule has 0 N–H and O–H groups in total. The molecule has 0 aliphatic heterocycles. The van der Waals surface area contributed by atoms with E-state index in [1.165, 1.54) is 13.5 Å². The summed E-state index contributed by atoms with van der Waals surface area (Å²) in [6, 6.07) is 0. The molecule has 0 aliphatic carbocycles. The summed E-state index contributed by atoms with van der Waals surface area (Å²) in [6.45, 7) is 2.15. The Labute approximate surface area is 136 Å². The number of allylic oxidation sites excluding steroid dienone is 2. The smallest absolute Gasteiger partial charge is 0.305 e. The monoisotopic (exact) mass is 310 g/mol. The molecule has 0 aliphatic rings. The lowest BCUT2D eigenvalue weighted by Crippen LogP contribution is -1.99. The number of methoxy groups -OCH3 is 1. The molecule has 0 unspecified atom stereocenters. The maximum Gasteiger partial charge on any atom is 0.305 e. The number of ether oxygens (including phenoxy) is 1. The van der Waals surface area contributed by atoms with Gasteiger partial charge in [0.2, 0.25) is 0 Å². The molecule has 128 valence electrons. The number of rotatable bonds is 15. The fourth-order valence-corrected chi connectivity index (χ4v) is 2.39. The molecule has 0 fully saturated rings. The summed E-state index contributed by atoms with van der Waals surface area (Å²) >= 11 is 0. The van der Waals surface area contributed by atoms with Crippen LogP contribution in [0.15, 0.2) is 12.2 Å². The van der Waals surface area contributed by atoms with E-state index in [1.807, 2.05) is 0 Å². The van der Waals surface area contributed by atoms with Crippen molar-refractivity contribution in [1.29, 1.82) is 0 Å². The summed E-state index contributed by atoms with van der Waals surface area (Å²) in [4.78, 5) is 22.6. The number of unbranched alkanes of at least 4 members (excludes halogenated alkanes) is 7.